The third-order valence-corrected chi connectivity index (χ3v) is 3.98. The first kappa shape index (κ1) is 20.3. The molecule has 0 aliphatic rings. The van der Waals surface area contributed by atoms with Crippen LogP contribution in [0.3, 0.4) is 0 Å². The van der Waals surface area contributed by atoms with Crippen molar-refractivity contribution >= 4 is 16.1 Å². The van der Waals surface area contributed by atoms with Gasteiger partial charge in [0.15, 0.2) is 0 Å². The second-order valence-electron chi connectivity index (χ2n) is 5.65. The van der Waals surface area contributed by atoms with Gasteiger partial charge in [-0.15, -0.1) is 0 Å². The van der Waals surface area contributed by atoms with Crippen LogP contribution in [0.15, 0.2) is 77.2 Å². The molecule has 0 fully saturated rings. The Morgan fingerprint density at radius 1 is 0.926 bits per heavy atom. The van der Waals surface area contributed by atoms with Gasteiger partial charge in [0.1, 0.15) is 15.9 Å². The van der Waals surface area contributed by atoms with E-state index in [1.54, 1.807) is 0 Å². The average molecular weight is 386 g/mol. The summed E-state index contributed by atoms with van der Waals surface area (Å²) in [7, 11) is -4.57. The highest BCUT2D eigenvalue weighted by Gasteiger charge is 2.15. The van der Waals surface area contributed by atoms with E-state index in [1.165, 1.54) is 11.1 Å². The molecule has 3 aromatic rings. The zero-order chi connectivity index (χ0) is 19.9. The Bertz CT molecular complexity index is 941. The molecule has 0 aliphatic carbocycles. The van der Waals surface area contributed by atoms with Crippen LogP contribution >= 0.6 is 0 Å². The van der Waals surface area contributed by atoms with Crippen LogP contribution in [0, 0.1) is 6.92 Å². The smallest absolute Gasteiger partial charge is 0.360 e. The summed E-state index contributed by atoms with van der Waals surface area (Å²) in [5.74, 6) is -1.15. The number of carboxylic acids is 1. The maximum Gasteiger partial charge on any atom is 0.360 e. The Morgan fingerprint density at radius 3 is 1.89 bits per heavy atom. The number of hydrogen-bond acceptors (Lipinski definition) is 4. The Kier molecular flexibility index (Phi) is 6.81. The van der Waals surface area contributed by atoms with Crippen LogP contribution in [-0.4, -0.2) is 29.8 Å². The van der Waals surface area contributed by atoms with Crippen molar-refractivity contribution in [1.29, 1.82) is 0 Å². The summed E-state index contributed by atoms with van der Waals surface area (Å²) in [5, 5.41) is 7.67. The lowest BCUT2D eigenvalue weighted by Gasteiger charge is -2.00. The number of hydrogen-bond donors (Lipinski definition) is 1. The van der Waals surface area contributed by atoms with Gasteiger partial charge in [0.05, 0.1) is 18.6 Å². The molecule has 0 radical (unpaired) electrons. The van der Waals surface area contributed by atoms with Gasteiger partial charge in [-0.2, -0.15) is 0 Å². The van der Waals surface area contributed by atoms with Crippen molar-refractivity contribution in [3.8, 4) is 22.5 Å². The molecule has 1 heterocycles. The number of carboxylic acid groups (broad SMARTS) is 1. The normalized spacial score (nSPS) is 10.6. The quantitative estimate of drug-likeness (QED) is 0.540. The van der Waals surface area contributed by atoms with Crippen LogP contribution < -0.4 is 0 Å². The molecule has 0 bridgehead atoms. The highest BCUT2D eigenvalue weighted by Crippen LogP contribution is 2.27. The first-order valence-corrected chi connectivity index (χ1v) is 9.53. The zero-order valence-electron chi connectivity index (χ0n) is 14.5. The molecule has 0 amide bonds. The highest BCUT2D eigenvalue weighted by atomic mass is 32.2. The average Bonchev–Trinajstić information content (AvgIpc) is 2.61. The van der Waals surface area contributed by atoms with Crippen LogP contribution in [0.25, 0.3) is 22.5 Å². The number of aliphatic carboxylic acids is 1. The van der Waals surface area contributed by atoms with E-state index in [9.17, 15) is 17.8 Å². The zero-order valence-corrected chi connectivity index (χ0v) is 15.3. The maximum atomic E-state index is 9.51. The summed E-state index contributed by atoms with van der Waals surface area (Å²) >= 11 is 0. The molecule has 0 spiro atoms. The minimum absolute atomic E-state index is 0.902. The maximum absolute atomic E-state index is 9.51. The number of carbonyl (C=O) groups is 1. The summed E-state index contributed by atoms with van der Waals surface area (Å²) in [5.41, 5.74) is 3.49. The lowest BCUT2D eigenvalue weighted by molar-refractivity contribution is -0.134. The van der Waals surface area contributed by atoms with Crippen LogP contribution in [0.5, 0.6) is 0 Å². The van der Waals surface area contributed by atoms with E-state index in [-0.39, 0.29) is 0 Å². The monoisotopic (exact) mass is 386 g/mol. The van der Waals surface area contributed by atoms with E-state index in [0.29, 0.717) is 0 Å². The second kappa shape index (κ2) is 9.07. The van der Waals surface area contributed by atoms with Crippen LogP contribution in [0.2, 0.25) is 0 Å². The van der Waals surface area contributed by atoms with Crippen molar-refractivity contribution in [2.24, 2.45) is 0 Å². The predicted octanol–water partition coefficient (Wildman–Crippen LogP) is 3.82. The van der Waals surface area contributed by atoms with Gasteiger partial charge in [-0.1, -0.05) is 48.5 Å². The Morgan fingerprint density at radius 2 is 1.44 bits per heavy atom. The van der Waals surface area contributed by atoms with Crippen LogP contribution in [-0.2, 0) is 14.9 Å². The lowest BCUT2D eigenvalue weighted by atomic mass is 10.0. The first-order valence-electron chi connectivity index (χ1n) is 7.95. The Hall–Kier alpha value is -3.03. The summed E-state index contributed by atoms with van der Waals surface area (Å²) in [6, 6.07) is 24.7. The number of aryl methyl sites for hydroxylation is 1. The topological polar surface area (TPSA) is 106 Å². The van der Waals surface area contributed by atoms with Gasteiger partial charge in [-0.3, -0.25) is 4.79 Å². The molecule has 0 saturated heterocycles. The summed E-state index contributed by atoms with van der Waals surface area (Å²) in [6.07, 6.45) is 0. The van der Waals surface area contributed by atoms with Gasteiger partial charge < -0.3 is 9.66 Å². The molecule has 1 aromatic heterocycles. The molecule has 0 saturated carbocycles. The molecule has 7 heteroatoms. The SMILES string of the molecule is Cc1cc(-c2ccccc2)cc(-c2ccccc2)[o+]1.O=C(O)CS(=O)(=O)[O-]. The molecular formula is C20H18O6S. The van der Waals surface area contributed by atoms with Crippen molar-refractivity contribution in [3.63, 3.8) is 0 Å². The molecule has 140 valence electrons. The Balaban J connectivity index is 0.000000279. The molecular weight excluding hydrogens is 368 g/mol. The summed E-state index contributed by atoms with van der Waals surface area (Å²) in [6.45, 7) is 1.98. The fraction of sp³-hybridized carbons (Fsp3) is 0.100. The molecule has 1 N–H and O–H groups in total. The van der Waals surface area contributed by atoms with Gasteiger partial charge in [-0.05, 0) is 17.7 Å². The molecule has 6 nitrogen and oxygen atoms in total. The second-order valence-corrected chi connectivity index (χ2v) is 7.05. The van der Waals surface area contributed by atoms with Gasteiger partial charge in [0.2, 0.25) is 0 Å². The molecule has 0 atom stereocenters. The molecule has 0 unspecified atom stereocenters. The van der Waals surface area contributed by atoms with Gasteiger partial charge in [0, 0.05) is 11.6 Å². The minimum atomic E-state index is -4.57. The van der Waals surface area contributed by atoms with E-state index >= 15 is 0 Å². The summed E-state index contributed by atoms with van der Waals surface area (Å²) in [4.78, 5) is 9.44. The van der Waals surface area contributed by atoms with Crippen molar-refractivity contribution in [2.45, 2.75) is 6.92 Å². The van der Waals surface area contributed by atoms with Crippen molar-refractivity contribution < 1.29 is 27.3 Å². The van der Waals surface area contributed by atoms with Crippen molar-refractivity contribution in [1.82, 2.24) is 0 Å². The number of rotatable bonds is 4. The van der Waals surface area contributed by atoms with Crippen molar-refractivity contribution in [3.05, 3.63) is 78.6 Å². The van der Waals surface area contributed by atoms with E-state index in [2.05, 4.69) is 48.5 Å². The van der Waals surface area contributed by atoms with Crippen molar-refractivity contribution in [2.75, 3.05) is 5.75 Å². The number of benzene rings is 2. The molecule has 2 aromatic carbocycles. The predicted molar refractivity (Wildman–Crippen MR) is 101 cm³/mol. The van der Waals surface area contributed by atoms with E-state index in [1.807, 2.05) is 31.2 Å². The van der Waals surface area contributed by atoms with Crippen LogP contribution in [0.1, 0.15) is 5.76 Å². The molecule has 27 heavy (non-hydrogen) atoms. The van der Waals surface area contributed by atoms with E-state index < -0.39 is 21.8 Å². The molecule has 3 rings (SSSR count). The largest absolute Gasteiger partial charge is 0.748 e. The van der Waals surface area contributed by atoms with Gasteiger partial charge in [0.25, 0.3) is 0 Å². The lowest BCUT2D eigenvalue weighted by Crippen LogP contribution is -2.13. The van der Waals surface area contributed by atoms with E-state index in [4.69, 9.17) is 9.52 Å². The Labute approximate surface area is 157 Å². The standard InChI is InChI=1S/C18H15O.C2H4O5S/c1-14-12-17(15-8-4-2-5-9-15)13-18(19-14)16-10-6-3-7-11-16;3-2(4)1-8(5,6)7/h2-13H,1H3;1H2,(H,3,4)(H,5,6,7)/q+1;/p-1. The minimum Gasteiger partial charge on any atom is -0.748 e. The van der Waals surface area contributed by atoms with Gasteiger partial charge >= 0.3 is 17.5 Å². The highest BCUT2D eigenvalue weighted by molar-refractivity contribution is 7.86. The third-order valence-electron chi connectivity index (χ3n) is 3.38. The molecule has 0 aliphatic heterocycles. The fourth-order valence-corrected chi connectivity index (χ4v) is 2.63. The third kappa shape index (κ3) is 7.01. The fourth-order valence-electron chi connectivity index (χ4n) is 2.33. The first-order chi connectivity index (χ1) is 12.7. The van der Waals surface area contributed by atoms with Crippen LogP contribution in [0.4, 0.5) is 0 Å². The summed E-state index contributed by atoms with van der Waals surface area (Å²) < 4.78 is 34.3. The van der Waals surface area contributed by atoms with E-state index in [0.717, 1.165) is 17.1 Å². The van der Waals surface area contributed by atoms with Gasteiger partial charge in [-0.25, -0.2) is 12.8 Å².